The Morgan fingerprint density at radius 3 is 2.60 bits per heavy atom. The molecule has 0 aliphatic heterocycles. The number of fused-ring (bicyclic) bond motifs is 1. The fraction of sp³-hybridized carbons (Fsp3) is 0.647. The quantitative estimate of drug-likeness (QED) is 0.824. The number of hydrogen-bond acceptors (Lipinski definition) is 2. The lowest BCUT2D eigenvalue weighted by molar-refractivity contribution is 0.373. The molecule has 1 aromatic rings. The highest BCUT2D eigenvalue weighted by molar-refractivity contribution is 7.91. The molecular weight excluding hydrogens is 268 g/mol. The molecule has 0 bridgehead atoms. The third-order valence-electron chi connectivity index (χ3n) is 4.09. The Hall–Kier alpha value is -0.830. The van der Waals surface area contributed by atoms with Crippen molar-refractivity contribution in [2.24, 2.45) is 5.41 Å². The highest BCUT2D eigenvalue weighted by Gasteiger charge is 2.27. The molecule has 0 amide bonds. The van der Waals surface area contributed by atoms with Crippen LogP contribution in [0.15, 0.2) is 24.3 Å². The van der Waals surface area contributed by atoms with Crippen molar-refractivity contribution < 1.29 is 8.42 Å². The molecular formula is C17H26O2S. The Labute approximate surface area is 123 Å². The Morgan fingerprint density at radius 2 is 1.90 bits per heavy atom. The lowest BCUT2D eigenvalue weighted by Gasteiger charge is -2.18. The van der Waals surface area contributed by atoms with E-state index in [1.165, 1.54) is 11.1 Å². The molecule has 0 radical (unpaired) electrons. The molecule has 0 unspecified atom stereocenters. The van der Waals surface area contributed by atoms with Crippen molar-refractivity contribution in [3.05, 3.63) is 35.4 Å². The van der Waals surface area contributed by atoms with Crippen LogP contribution >= 0.6 is 0 Å². The largest absolute Gasteiger partial charge is 0.229 e. The van der Waals surface area contributed by atoms with Crippen molar-refractivity contribution in [3.63, 3.8) is 0 Å². The van der Waals surface area contributed by atoms with Gasteiger partial charge in [-0.3, -0.25) is 0 Å². The van der Waals surface area contributed by atoms with E-state index in [0.29, 0.717) is 11.5 Å². The Kier molecular flexibility index (Phi) is 4.58. The van der Waals surface area contributed by atoms with E-state index < -0.39 is 9.84 Å². The summed E-state index contributed by atoms with van der Waals surface area (Å²) < 4.78 is 24.6. The maximum atomic E-state index is 12.3. The van der Waals surface area contributed by atoms with Crippen molar-refractivity contribution in [1.29, 1.82) is 0 Å². The third kappa shape index (κ3) is 4.34. The minimum atomic E-state index is -2.93. The molecule has 2 nitrogen and oxygen atoms in total. The first kappa shape index (κ1) is 15.6. The van der Waals surface area contributed by atoms with Crippen LogP contribution in [0.25, 0.3) is 0 Å². The molecule has 0 aromatic heterocycles. The lowest BCUT2D eigenvalue weighted by atomic mass is 9.91. The van der Waals surface area contributed by atoms with Gasteiger partial charge in [-0.15, -0.1) is 0 Å². The Morgan fingerprint density at radius 1 is 1.20 bits per heavy atom. The molecule has 20 heavy (non-hydrogen) atoms. The normalized spacial score (nSPS) is 19.1. The highest BCUT2D eigenvalue weighted by atomic mass is 32.2. The minimum absolute atomic E-state index is 0.214. The molecule has 1 aliphatic rings. The van der Waals surface area contributed by atoms with Gasteiger partial charge in [0.05, 0.1) is 11.5 Å². The van der Waals surface area contributed by atoms with Crippen LogP contribution in [0.5, 0.6) is 0 Å². The minimum Gasteiger partial charge on any atom is -0.229 e. The Balaban J connectivity index is 1.93. The molecule has 1 aliphatic carbocycles. The van der Waals surface area contributed by atoms with Crippen molar-refractivity contribution in [3.8, 4) is 0 Å². The van der Waals surface area contributed by atoms with Gasteiger partial charge < -0.3 is 0 Å². The molecule has 3 heteroatoms. The summed E-state index contributed by atoms with van der Waals surface area (Å²) in [6.07, 6.45) is 3.75. The second-order valence-corrected chi connectivity index (χ2v) is 9.44. The van der Waals surface area contributed by atoms with Crippen molar-refractivity contribution >= 4 is 9.84 Å². The lowest BCUT2D eigenvalue weighted by Crippen LogP contribution is -2.18. The second kappa shape index (κ2) is 5.88. The van der Waals surface area contributed by atoms with E-state index in [0.717, 1.165) is 25.7 Å². The molecule has 1 aromatic carbocycles. The van der Waals surface area contributed by atoms with E-state index in [1.807, 2.05) is 12.1 Å². The maximum absolute atomic E-state index is 12.3. The number of sulfone groups is 1. The topological polar surface area (TPSA) is 34.1 Å². The molecule has 0 spiro atoms. The monoisotopic (exact) mass is 294 g/mol. The predicted molar refractivity (Wildman–Crippen MR) is 84.8 cm³/mol. The molecule has 1 atom stereocenters. The summed E-state index contributed by atoms with van der Waals surface area (Å²) in [6, 6.07) is 8.28. The van der Waals surface area contributed by atoms with Crippen LogP contribution in [0.4, 0.5) is 0 Å². The van der Waals surface area contributed by atoms with Crippen LogP contribution in [0, 0.1) is 5.41 Å². The van der Waals surface area contributed by atoms with Crippen LogP contribution in [-0.2, 0) is 16.3 Å². The van der Waals surface area contributed by atoms with E-state index in [4.69, 9.17) is 0 Å². The van der Waals surface area contributed by atoms with Gasteiger partial charge in [-0.25, -0.2) is 8.42 Å². The van der Waals surface area contributed by atoms with Crippen LogP contribution in [0.2, 0.25) is 0 Å². The van der Waals surface area contributed by atoms with E-state index in [9.17, 15) is 8.42 Å². The molecule has 0 heterocycles. The zero-order valence-electron chi connectivity index (χ0n) is 12.9. The molecule has 0 saturated heterocycles. The number of hydrogen-bond donors (Lipinski definition) is 0. The fourth-order valence-corrected chi connectivity index (χ4v) is 4.74. The highest BCUT2D eigenvalue weighted by Crippen LogP contribution is 2.34. The average molecular weight is 294 g/mol. The summed E-state index contributed by atoms with van der Waals surface area (Å²) in [5.74, 6) is 0.878. The first-order valence-corrected chi connectivity index (χ1v) is 9.37. The number of rotatable bonds is 5. The SMILES string of the molecule is CC(C)(C)CCCS(=O)(=O)C[C@H]1CCc2ccccc21. The summed E-state index contributed by atoms with van der Waals surface area (Å²) >= 11 is 0. The van der Waals surface area contributed by atoms with Crippen molar-refractivity contribution in [2.45, 2.75) is 52.4 Å². The van der Waals surface area contributed by atoms with Crippen LogP contribution < -0.4 is 0 Å². The molecule has 0 N–H and O–H groups in total. The predicted octanol–water partition coefficient (Wildman–Crippen LogP) is 3.96. The van der Waals surface area contributed by atoms with Gasteiger partial charge in [0.1, 0.15) is 0 Å². The van der Waals surface area contributed by atoms with Gasteiger partial charge in [-0.2, -0.15) is 0 Å². The summed E-state index contributed by atoms with van der Waals surface area (Å²) in [4.78, 5) is 0. The summed E-state index contributed by atoms with van der Waals surface area (Å²) in [5, 5.41) is 0. The van der Waals surface area contributed by atoms with E-state index in [2.05, 4.69) is 32.9 Å². The van der Waals surface area contributed by atoms with Crippen molar-refractivity contribution in [2.75, 3.05) is 11.5 Å². The van der Waals surface area contributed by atoms with E-state index in [1.54, 1.807) is 0 Å². The zero-order chi connectivity index (χ0) is 14.8. The van der Waals surface area contributed by atoms with Gasteiger partial charge in [0.15, 0.2) is 9.84 Å². The fourth-order valence-electron chi connectivity index (χ4n) is 3.03. The van der Waals surface area contributed by atoms with Gasteiger partial charge in [0, 0.05) is 0 Å². The molecule has 2 rings (SSSR count). The summed E-state index contributed by atoms with van der Waals surface area (Å²) in [6.45, 7) is 6.48. The van der Waals surface area contributed by atoms with Gasteiger partial charge in [0.25, 0.3) is 0 Å². The van der Waals surface area contributed by atoms with Crippen molar-refractivity contribution in [1.82, 2.24) is 0 Å². The van der Waals surface area contributed by atoms with Crippen LogP contribution in [0.1, 0.15) is 57.1 Å². The summed E-state index contributed by atoms with van der Waals surface area (Å²) in [7, 11) is -2.93. The average Bonchev–Trinajstić information content (AvgIpc) is 2.70. The third-order valence-corrected chi connectivity index (χ3v) is 5.92. The molecule has 0 saturated carbocycles. The number of aryl methyl sites for hydroxylation is 1. The second-order valence-electron chi connectivity index (χ2n) is 7.21. The van der Waals surface area contributed by atoms with Crippen LogP contribution in [0.3, 0.4) is 0 Å². The summed E-state index contributed by atoms with van der Waals surface area (Å²) in [5.41, 5.74) is 2.81. The van der Waals surface area contributed by atoms with Gasteiger partial charge in [0.2, 0.25) is 0 Å². The zero-order valence-corrected chi connectivity index (χ0v) is 13.7. The van der Waals surface area contributed by atoms with Gasteiger partial charge >= 0.3 is 0 Å². The maximum Gasteiger partial charge on any atom is 0.150 e. The van der Waals surface area contributed by atoms with E-state index in [-0.39, 0.29) is 11.3 Å². The molecule has 112 valence electrons. The first-order valence-electron chi connectivity index (χ1n) is 7.55. The number of benzene rings is 1. The van der Waals surface area contributed by atoms with Crippen LogP contribution in [-0.4, -0.2) is 19.9 Å². The van der Waals surface area contributed by atoms with Gasteiger partial charge in [-0.05, 0) is 48.1 Å². The van der Waals surface area contributed by atoms with Gasteiger partial charge in [-0.1, -0.05) is 45.0 Å². The first-order chi connectivity index (χ1) is 9.27. The van der Waals surface area contributed by atoms with E-state index >= 15 is 0 Å². The standard InChI is InChI=1S/C17H26O2S/c1-17(2,3)11-6-12-20(18,19)13-15-10-9-14-7-4-5-8-16(14)15/h4-5,7-8,15H,6,9-13H2,1-3H3/t15-/m1/s1. The Bertz CT molecular complexity index is 553. The molecule has 0 fully saturated rings. The smallest absolute Gasteiger partial charge is 0.150 e.